The number of nitrogens with zero attached hydrogens (tertiary/aromatic N) is 2. The van der Waals surface area contributed by atoms with E-state index in [1.807, 2.05) is 24.3 Å². The first-order valence-corrected chi connectivity index (χ1v) is 10.1. The number of ether oxygens (including phenoxy) is 1. The molecule has 1 aliphatic heterocycles. The van der Waals surface area contributed by atoms with Crippen molar-refractivity contribution >= 4 is 40.3 Å². The average molecular weight is 394 g/mol. The van der Waals surface area contributed by atoms with Gasteiger partial charge in [-0.2, -0.15) is 0 Å². The molecule has 0 saturated carbocycles. The SMILES string of the molecule is CCN(c1ccc(NC(=O)COC(=O)CCN2CCSC2=O)cc1)C(C)C. The van der Waals surface area contributed by atoms with Gasteiger partial charge in [-0.15, -0.1) is 0 Å². The number of rotatable bonds is 9. The minimum absolute atomic E-state index is 0.0110. The van der Waals surface area contributed by atoms with E-state index in [1.54, 1.807) is 4.90 Å². The first-order valence-electron chi connectivity index (χ1n) is 9.14. The lowest BCUT2D eigenvalue weighted by Gasteiger charge is -2.27. The zero-order chi connectivity index (χ0) is 19.8. The lowest BCUT2D eigenvalue weighted by atomic mass is 10.2. The number of hydrogen-bond donors (Lipinski definition) is 1. The topological polar surface area (TPSA) is 79.0 Å². The van der Waals surface area contributed by atoms with Crippen LogP contribution in [-0.2, 0) is 14.3 Å². The highest BCUT2D eigenvalue weighted by Crippen LogP contribution is 2.20. The summed E-state index contributed by atoms with van der Waals surface area (Å²) in [5.74, 6) is -0.122. The third-order valence-electron chi connectivity index (χ3n) is 4.24. The van der Waals surface area contributed by atoms with Crippen LogP contribution in [0, 0.1) is 0 Å². The molecule has 1 aromatic carbocycles. The van der Waals surface area contributed by atoms with Gasteiger partial charge in [0.15, 0.2) is 6.61 Å². The Morgan fingerprint density at radius 1 is 1.30 bits per heavy atom. The van der Waals surface area contributed by atoms with Crippen LogP contribution in [0.2, 0.25) is 0 Å². The fourth-order valence-electron chi connectivity index (χ4n) is 2.85. The second-order valence-corrected chi connectivity index (χ2v) is 7.53. The number of thioether (sulfide) groups is 1. The predicted molar refractivity (Wildman–Crippen MR) is 108 cm³/mol. The summed E-state index contributed by atoms with van der Waals surface area (Å²) in [6.07, 6.45) is 0.0936. The second-order valence-electron chi connectivity index (χ2n) is 6.49. The summed E-state index contributed by atoms with van der Waals surface area (Å²) < 4.78 is 4.98. The monoisotopic (exact) mass is 393 g/mol. The Hall–Kier alpha value is -2.22. The Bertz CT molecular complexity index is 663. The first kappa shape index (κ1) is 21.1. The van der Waals surface area contributed by atoms with Crippen LogP contribution in [0.5, 0.6) is 0 Å². The minimum Gasteiger partial charge on any atom is -0.456 e. The van der Waals surface area contributed by atoms with Crippen molar-refractivity contribution in [1.29, 1.82) is 0 Å². The molecule has 0 aliphatic carbocycles. The lowest BCUT2D eigenvalue weighted by Crippen LogP contribution is -2.30. The zero-order valence-electron chi connectivity index (χ0n) is 16.1. The fraction of sp³-hybridized carbons (Fsp3) is 0.526. The molecule has 0 spiro atoms. The summed E-state index contributed by atoms with van der Waals surface area (Å²) in [6.45, 7) is 7.91. The molecule has 1 N–H and O–H groups in total. The van der Waals surface area contributed by atoms with E-state index in [1.165, 1.54) is 11.8 Å². The van der Waals surface area contributed by atoms with Crippen LogP contribution in [0.3, 0.4) is 0 Å². The molecule has 1 aromatic rings. The van der Waals surface area contributed by atoms with Crippen molar-refractivity contribution in [3.05, 3.63) is 24.3 Å². The van der Waals surface area contributed by atoms with E-state index < -0.39 is 5.97 Å². The van der Waals surface area contributed by atoms with Crippen LogP contribution in [0.1, 0.15) is 27.2 Å². The van der Waals surface area contributed by atoms with Crippen molar-refractivity contribution in [2.24, 2.45) is 0 Å². The summed E-state index contributed by atoms with van der Waals surface area (Å²) in [7, 11) is 0. The maximum atomic E-state index is 11.9. The molecule has 7 nitrogen and oxygen atoms in total. The molecule has 1 heterocycles. The number of amides is 2. The van der Waals surface area contributed by atoms with Gasteiger partial charge in [-0.3, -0.25) is 14.4 Å². The molecule has 148 valence electrons. The highest BCUT2D eigenvalue weighted by atomic mass is 32.2. The number of carbonyl (C=O) groups excluding carboxylic acids is 3. The van der Waals surface area contributed by atoms with Crippen molar-refractivity contribution in [2.75, 3.05) is 42.2 Å². The standard InChI is InChI=1S/C19H27N3O4S/c1-4-22(14(2)3)16-7-5-15(6-8-16)20-17(23)13-26-18(24)9-10-21-11-12-27-19(21)25/h5-8,14H,4,9-13H2,1-3H3,(H,20,23). The molecule has 0 radical (unpaired) electrons. The van der Waals surface area contributed by atoms with Gasteiger partial charge in [0.05, 0.1) is 6.42 Å². The fourth-order valence-corrected chi connectivity index (χ4v) is 3.70. The van der Waals surface area contributed by atoms with Crippen LogP contribution >= 0.6 is 11.8 Å². The van der Waals surface area contributed by atoms with Crippen LogP contribution < -0.4 is 10.2 Å². The van der Waals surface area contributed by atoms with Crippen molar-refractivity contribution in [1.82, 2.24) is 4.90 Å². The molecule has 0 bridgehead atoms. The number of nitrogens with one attached hydrogen (secondary N) is 1. The first-order chi connectivity index (χ1) is 12.9. The van der Waals surface area contributed by atoms with Gasteiger partial charge in [-0.05, 0) is 45.0 Å². The Morgan fingerprint density at radius 3 is 2.56 bits per heavy atom. The number of benzene rings is 1. The molecular formula is C19H27N3O4S. The molecule has 27 heavy (non-hydrogen) atoms. The Kier molecular flexibility index (Phi) is 7.97. The van der Waals surface area contributed by atoms with E-state index in [-0.39, 0.29) is 24.2 Å². The van der Waals surface area contributed by atoms with E-state index in [0.717, 1.165) is 18.0 Å². The molecule has 2 rings (SSSR count). The summed E-state index contributed by atoms with van der Waals surface area (Å²) in [5.41, 5.74) is 1.74. The van der Waals surface area contributed by atoms with Gasteiger partial charge in [0, 0.05) is 42.8 Å². The molecule has 2 amide bonds. The maximum absolute atomic E-state index is 11.9. The third-order valence-corrected chi connectivity index (χ3v) is 5.13. The number of hydrogen-bond acceptors (Lipinski definition) is 6. The molecule has 1 saturated heterocycles. The highest BCUT2D eigenvalue weighted by molar-refractivity contribution is 8.13. The molecule has 8 heteroatoms. The van der Waals surface area contributed by atoms with E-state index in [9.17, 15) is 14.4 Å². The van der Waals surface area contributed by atoms with E-state index in [4.69, 9.17) is 4.74 Å². The number of carbonyl (C=O) groups is 3. The largest absolute Gasteiger partial charge is 0.456 e. The summed E-state index contributed by atoms with van der Waals surface area (Å²) >= 11 is 1.25. The lowest BCUT2D eigenvalue weighted by molar-refractivity contribution is -0.147. The predicted octanol–water partition coefficient (Wildman–Crippen LogP) is 2.96. The van der Waals surface area contributed by atoms with E-state index >= 15 is 0 Å². The van der Waals surface area contributed by atoms with Gasteiger partial charge in [0.25, 0.3) is 11.1 Å². The normalized spacial score (nSPS) is 13.8. The van der Waals surface area contributed by atoms with Crippen molar-refractivity contribution in [2.45, 2.75) is 33.2 Å². The molecule has 1 aliphatic rings. The highest BCUT2D eigenvalue weighted by Gasteiger charge is 2.21. The zero-order valence-corrected chi connectivity index (χ0v) is 16.9. The van der Waals surface area contributed by atoms with Crippen LogP contribution in [-0.4, -0.2) is 60.1 Å². The van der Waals surface area contributed by atoms with Crippen molar-refractivity contribution < 1.29 is 19.1 Å². The van der Waals surface area contributed by atoms with Crippen molar-refractivity contribution in [3.8, 4) is 0 Å². The summed E-state index contributed by atoms with van der Waals surface area (Å²) in [5, 5.41) is 2.70. The average Bonchev–Trinajstić information content (AvgIpc) is 3.05. The quantitative estimate of drug-likeness (QED) is 0.650. The number of esters is 1. The minimum atomic E-state index is -0.485. The van der Waals surface area contributed by atoms with Crippen LogP contribution in [0.4, 0.5) is 16.2 Å². The molecular weight excluding hydrogens is 366 g/mol. The van der Waals surface area contributed by atoms with Gasteiger partial charge >= 0.3 is 5.97 Å². The van der Waals surface area contributed by atoms with Crippen LogP contribution in [0.15, 0.2) is 24.3 Å². The Morgan fingerprint density at radius 2 is 2.00 bits per heavy atom. The molecule has 0 aromatic heterocycles. The van der Waals surface area contributed by atoms with Gasteiger partial charge in [0.2, 0.25) is 0 Å². The molecule has 1 fully saturated rings. The third kappa shape index (κ3) is 6.46. The molecule has 0 unspecified atom stereocenters. The Labute approximate surface area is 164 Å². The van der Waals surface area contributed by atoms with E-state index in [2.05, 4.69) is 31.0 Å². The van der Waals surface area contributed by atoms with Gasteiger partial charge in [0.1, 0.15) is 0 Å². The molecule has 0 atom stereocenters. The smallest absolute Gasteiger partial charge is 0.308 e. The summed E-state index contributed by atoms with van der Waals surface area (Å²) in [4.78, 5) is 39.0. The Balaban J connectivity index is 1.73. The van der Waals surface area contributed by atoms with Crippen molar-refractivity contribution in [3.63, 3.8) is 0 Å². The second kappa shape index (κ2) is 10.2. The van der Waals surface area contributed by atoms with Gasteiger partial charge < -0.3 is 19.9 Å². The maximum Gasteiger partial charge on any atom is 0.308 e. The van der Waals surface area contributed by atoms with Gasteiger partial charge in [-0.1, -0.05) is 11.8 Å². The van der Waals surface area contributed by atoms with Gasteiger partial charge in [-0.25, -0.2) is 0 Å². The van der Waals surface area contributed by atoms with E-state index in [0.29, 0.717) is 24.8 Å². The number of anilines is 2. The van der Waals surface area contributed by atoms with Crippen LogP contribution in [0.25, 0.3) is 0 Å². The summed E-state index contributed by atoms with van der Waals surface area (Å²) in [6, 6.07) is 7.96.